The number of carbonyl (C=O) groups excluding carboxylic acids is 1. The topological polar surface area (TPSA) is 128 Å². The molecule has 0 heterocycles. The summed E-state index contributed by atoms with van der Waals surface area (Å²) in [5.74, 6) is -0.395. The summed E-state index contributed by atoms with van der Waals surface area (Å²) in [5, 5.41) is 9.67. The molecule has 32 heavy (non-hydrogen) atoms. The molecule has 0 aliphatic carbocycles. The number of carbonyl (C=O) groups is 1. The van der Waals surface area contributed by atoms with Crippen molar-refractivity contribution in [2.24, 2.45) is 5.73 Å². The van der Waals surface area contributed by atoms with E-state index in [1.807, 2.05) is 0 Å². The van der Waals surface area contributed by atoms with Crippen molar-refractivity contribution in [2.45, 2.75) is 103 Å². The van der Waals surface area contributed by atoms with Crippen molar-refractivity contribution in [3.63, 3.8) is 0 Å². The standard InChI is InChI=1S/C23H46NO7P/c1-2-3-4-5-6-7-8-9-10-11-12-13-14-15-16-17-23(26)29-20-22(25)21-31-32(27,28)30-19-18-24/h9-10,22,25H,2-8,11-21,24H2,1H3,(H,27,28)/b10-9-/t22-/m0/s1. The van der Waals surface area contributed by atoms with Crippen LogP contribution in [0.1, 0.15) is 96.8 Å². The highest BCUT2D eigenvalue weighted by molar-refractivity contribution is 7.47. The lowest BCUT2D eigenvalue weighted by atomic mass is 10.1. The van der Waals surface area contributed by atoms with Crippen LogP contribution in [0.15, 0.2) is 12.2 Å². The van der Waals surface area contributed by atoms with Crippen LogP contribution in [0.4, 0.5) is 0 Å². The molecule has 0 bridgehead atoms. The molecule has 4 N–H and O–H groups in total. The monoisotopic (exact) mass is 479 g/mol. The predicted molar refractivity (Wildman–Crippen MR) is 127 cm³/mol. The Morgan fingerprint density at radius 2 is 1.47 bits per heavy atom. The minimum atomic E-state index is -4.24. The van der Waals surface area contributed by atoms with Crippen molar-refractivity contribution in [3.8, 4) is 0 Å². The maximum Gasteiger partial charge on any atom is 0.472 e. The first kappa shape index (κ1) is 31.2. The van der Waals surface area contributed by atoms with Crippen LogP contribution in [0.25, 0.3) is 0 Å². The number of aliphatic hydroxyl groups excluding tert-OH is 1. The van der Waals surface area contributed by atoms with Crippen molar-refractivity contribution in [3.05, 3.63) is 12.2 Å². The molecule has 0 spiro atoms. The van der Waals surface area contributed by atoms with Gasteiger partial charge in [-0.3, -0.25) is 13.8 Å². The first-order valence-corrected chi connectivity index (χ1v) is 13.7. The molecule has 0 rings (SSSR count). The molecule has 0 radical (unpaired) electrons. The molecule has 0 saturated carbocycles. The van der Waals surface area contributed by atoms with Crippen molar-refractivity contribution in [2.75, 3.05) is 26.4 Å². The molecule has 0 aromatic carbocycles. The molecule has 1 unspecified atom stereocenters. The smallest absolute Gasteiger partial charge is 0.463 e. The Balaban J connectivity index is 3.49. The van der Waals surface area contributed by atoms with Gasteiger partial charge in [-0.05, 0) is 32.1 Å². The predicted octanol–water partition coefficient (Wildman–Crippen LogP) is 5.02. The van der Waals surface area contributed by atoms with E-state index in [1.54, 1.807) is 0 Å². The van der Waals surface area contributed by atoms with E-state index in [9.17, 15) is 19.4 Å². The second-order valence-corrected chi connectivity index (χ2v) is 9.51. The third kappa shape index (κ3) is 22.4. The van der Waals surface area contributed by atoms with Crippen molar-refractivity contribution in [1.82, 2.24) is 0 Å². The zero-order chi connectivity index (χ0) is 23.9. The summed E-state index contributed by atoms with van der Waals surface area (Å²) in [6, 6.07) is 0. The average Bonchev–Trinajstić information content (AvgIpc) is 2.77. The highest BCUT2D eigenvalue weighted by atomic mass is 31.2. The molecule has 0 saturated heterocycles. The normalized spacial score (nSPS) is 14.5. The van der Waals surface area contributed by atoms with Gasteiger partial charge in [-0.1, -0.05) is 70.4 Å². The molecule has 0 amide bonds. The number of hydrogen-bond donors (Lipinski definition) is 3. The Kier molecular flexibility index (Phi) is 21.5. The second-order valence-electron chi connectivity index (χ2n) is 8.06. The maximum absolute atomic E-state index is 11.7. The highest BCUT2D eigenvalue weighted by Crippen LogP contribution is 2.42. The van der Waals surface area contributed by atoms with Crippen LogP contribution in [0.2, 0.25) is 0 Å². The summed E-state index contributed by atoms with van der Waals surface area (Å²) >= 11 is 0. The fraction of sp³-hybridized carbons (Fsp3) is 0.870. The zero-order valence-corrected chi connectivity index (χ0v) is 20.8. The average molecular weight is 480 g/mol. The summed E-state index contributed by atoms with van der Waals surface area (Å²) in [4.78, 5) is 21.0. The second kappa shape index (κ2) is 22.1. The van der Waals surface area contributed by atoms with Crippen LogP contribution in [0.5, 0.6) is 0 Å². The van der Waals surface area contributed by atoms with E-state index in [2.05, 4.69) is 28.1 Å². The van der Waals surface area contributed by atoms with Gasteiger partial charge >= 0.3 is 13.8 Å². The minimum absolute atomic E-state index is 0.0738. The number of unbranched alkanes of at least 4 members (excludes halogenated alkanes) is 11. The van der Waals surface area contributed by atoms with Crippen LogP contribution in [0.3, 0.4) is 0 Å². The van der Waals surface area contributed by atoms with Crippen LogP contribution in [-0.4, -0.2) is 48.4 Å². The van der Waals surface area contributed by atoms with E-state index < -0.39 is 26.5 Å². The fourth-order valence-corrected chi connectivity index (χ4v) is 3.81. The molecule has 190 valence electrons. The van der Waals surface area contributed by atoms with Gasteiger partial charge < -0.3 is 20.5 Å². The van der Waals surface area contributed by atoms with Crippen LogP contribution in [-0.2, 0) is 23.1 Å². The van der Waals surface area contributed by atoms with Crippen LogP contribution in [0, 0.1) is 0 Å². The van der Waals surface area contributed by atoms with Gasteiger partial charge in [0, 0.05) is 13.0 Å². The van der Waals surface area contributed by atoms with E-state index in [0.29, 0.717) is 6.42 Å². The molecule has 8 nitrogen and oxygen atoms in total. The van der Waals surface area contributed by atoms with Crippen molar-refractivity contribution < 1.29 is 33.1 Å². The molecule has 0 aromatic rings. The summed E-state index contributed by atoms with van der Waals surface area (Å²) in [5.41, 5.74) is 5.17. The number of hydrogen-bond acceptors (Lipinski definition) is 7. The Hall–Kier alpha value is -0.760. The van der Waals surface area contributed by atoms with Crippen LogP contribution < -0.4 is 5.73 Å². The summed E-state index contributed by atoms with van der Waals surface area (Å²) in [6.45, 7) is 1.42. The number of rotatable bonds is 23. The molecule has 0 aromatic heterocycles. The Morgan fingerprint density at radius 1 is 0.906 bits per heavy atom. The van der Waals surface area contributed by atoms with Crippen molar-refractivity contribution in [1.29, 1.82) is 0 Å². The largest absolute Gasteiger partial charge is 0.472 e. The van der Waals surface area contributed by atoms with E-state index >= 15 is 0 Å². The number of nitrogens with two attached hydrogens (primary N) is 1. The Morgan fingerprint density at radius 3 is 2.06 bits per heavy atom. The molecule has 9 heteroatoms. The van der Waals surface area contributed by atoms with Gasteiger partial charge in [-0.15, -0.1) is 0 Å². The molecule has 0 aliphatic heterocycles. The molecule has 0 fully saturated rings. The molecule has 0 aliphatic rings. The van der Waals surface area contributed by atoms with Gasteiger partial charge in [-0.2, -0.15) is 0 Å². The minimum Gasteiger partial charge on any atom is -0.463 e. The molecular formula is C23H46NO7P. The number of esters is 1. The highest BCUT2D eigenvalue weighted by Gasteiger charge is 2.22. The summed E-state index contributed by atoms with van der Waals surface area (Å²) in [7, 11) is -4.24. The third-order valence-corrected chi connectivity index (χ3v) is 5.87. The van der Waals surface area contributed by atoms with Gasteiger partial charge in [-0.25, -0.2) is 4.57 Å². The third-order valence-electron chi connectivity index (χ3n) is 4.88. The van der Waals surface area contributed by atoms with Gasteiger partial charge in [0.2, 0.25) is 0 Å². The van der Waals surface area contributed by atoms with Gasteiger partial charge in [0.25, 0.3) is 0 Å². The number of allylic oxidation sites excluding steroid dienone is 2. The first-order chi connectivity index (χ1) is 15.4. The lowest BCUT2D eigenvalue weighted by Crippen LogP contribution is -2.23. The summed E-state index contributed by atoms with van der Waals surface area (Å²) < 4.78 is 25.5. The first-order valence-electron chi connectivity index (χ1n) is 12.2. The Labute approximate surface area is 194 Å². The number of phosphoric ester groups is 1. The zero-order valence-electron chi connectivity index (χ0n) is 19.9. The summed E-state index contributed by atoms with van der Waals surface area (Å²) in [6.07, 6.45) is 19.2. The number of aliphatic hydroxyl groups is 1. The van der Waals surface area contributed by atoms with E-state index in [-0.39, 0.29) is 19.8 Å². The lowest BCUT2D eigenvalue weighted by Gasteiger charge is -2.15. The van der Waals surface area contributed by atoms with E-state index in [1.165, 1.54) is 51.4 Å². The van der Waals surface area contributed by atoms with E-state index in [4.69, 9.17) is 10.5 Å². The Bertz CT molecular complexity index is 517. The quantitative estimate of drug-likeness (QED) is 0.0806. The SMILES string of the molecule is CCCCCCCC/C=C\CCCCCCCC(=O)OC[C@H](O)COP(=O)(O)OCCN. The lowest BCUT2D eigenvalue weighted by molar-refractivity contribution is -0.147. The van der Waals surface area contributed by atoms with Gasteiger partial charge in [0.1, 0.15) is 12.7 Å². The van der Waals surface area contributed by atoms with Gasteiger partial charge in [0.15, 0.2) is 0 Å². The van der Waals surface area contributed by atoms with Gasteiger partial charge in [0.05, 0.1) is 13.2 Å². The van der Waals surface area contributed by atoms with E-state index in [0.717, 1.165) is 32.1 Å². The van der Waals surface area contributed by atoms with Crippen LogP contribution >= 0.6 is 7.82 Å². The number of phosphoric acid groups is 1. The maximum atomic E-state index is 11.7. The number of ether oxygens (including phenoxy) is 1. The fourth-order valence-electron chi connectivity index (χ4n) is 3.04. The van der Waals surface area contributed by atoms with Crippen molar-refractivity contribution >= 4 is 13.8 Å². The molecular weight excluding hydrogens is 433 g/mol. The molecule has 2 atom stereocenters.